The van der Waals surface area contributed by atoms with Crippen LogP contribution in [0.4, 0.5) is 0 Å². The number of Topliss-reactive ketones (excluding diaryl/α,β-unsaturated/α-hetero) is 1. The lowest BCUT2D eigenvalue weighted by molar-refractivity contribution is -0.135. The fraction of sp³-hybridized carbons (Fsp3) is 0.571. The van der Waals surface area contributed by atoms with Gasteiger partial charge in [0.15, 0.2) is 5.78 Å². The summed E-state index contributed by atoms with van der Waals surface area (Å²) in [5.41, 5.74) is 0. The van der Waals surface area contributed by atoms with Gasteiger partial charge in [-0.3, -0.25) is 9.59 Å². The molecule has 18 heavy (non-hydrogen) atoms. The molecule has 0 aromatic carbocycles. The van der Waals surface area contributed by atoms with Crippen LogP contribution in [0, 0.1) is 11.8 Å². The summed E-state index contributed by atoms with van der Waals surface area (Å²) in [6, 6.07) is 3.80. The van der Waals surface area contributed by atoms with Crippen molar-refractivity contribution < 1.29 is 9.59 Å². The second-order valence-corrected chi connectivity index (χ2v) is 6.04. The molecule has 1 saturated heterocycles. The van der Waals surface area contributed by atoms with E-state index in [1.807, 2.05) is 36.3 Å². The van der Waals surface area contributed by atoms with E-state index in [0.717, 1.165) is 30.8 Å². The van der Waals surface area contributed by atoms with Crippen molar-refractivity contribution in [1.82, 2.24) is 4.90 Å². The number of rotatable bonds is 3. The summed E-state index contributed by atoms with van der Waals surface area (Å²) >= 11 is 1.51. The van der Waals surface area contributed by atoms with E-state index in [4.69, 9.17) is 0 Å². The SMILES string of the molecule is CC(C)C(=O)N1CCC(C(=O)c2cccs2)CC1. The summed E-state index contributed by atoms with van der Waals surface area (Å²) in [4.78, 5) is 26.8. The fourth-order valence-electron chi connectivity index (χ4n) is 2.35. The third-order valence-electron chi connectivity index (χ3n) is 3.44. The van der Waals surface area contributed by atoms with Crippen molar-refractivity contribution in [3.63, 3.8) is 0 Å². The molecule has 3 nitrogen and oxygen atoms in total. The smallest absolute Gasteiger partial charge is 0.225 e. The number of likely N-dealkylation sites (tertiary alicyclic amines) is 1. The van der Waals surface area contributed by atoms with Crippen molar-refractivity contribution >= 4 is 23.0 Å². The molecule has 1 amide bonds. The molecule has 1 aromatic heterocycles. The van der Waals surface area contributed by atoms with E-state index in [9.17, 15) is 9.59 Å². The zero-order chi connectivity index (χ0) is 13.1. The van der Waals surface area contributed by atoms with E-state index in [1.165, 1.54) is 11.3 Å². The summed E-state index contributed by atoms with van der Waals surface area (Å²) in [6.07, 6.45) is 1.60. The van der Waals surface area contributed by atoms with Crippen LogP contribution < -0.4 is 0 Å². The van der Waals surface area contributed by atoms with Gasteiger partial charge in [-0.1, -0.05) is 19.9 Å². The van der Waals surface area contributed by atoms with Crippen LogP contribution in [0.5, 0.6) is 0 Å². The predicted octanol–water partition coefficient (Wildman–Crippen LogP) is 2.83. The summed E-state index contributed by atoms with van der Waals surface area (Å²) in [5.74, 6) is 0.605. The van der Waals surface area contributed by atoms with Crippen LogP contribution in [0.1, 0.15) is 36.4 Å². The number of nitrogens with zero attached hydrogens (tertiary/aromatic N) is 1. The number of thiophene rings is 1. The van der Waals surface area contributed by atoms with Gasteiger partial charge in [0.2, 0.25) is 5.91 Å². The summed E-state index contributed by atoms with van der Waals surface area (Å²) in [7, 11) is 0. The second kappa shape index (κ2) is 5.65. The molecule has 1 aliphatic heterocycles. The number of amides is 1. The lowest BCUT2D eigenvalue weighted by Gasteiger charge is -2.32. The van der Waals surface area contributed by atoms with Gasteiger partial charge in [-0.15, -0.1) is 11.3 Å². The van der Waals surface area contributed by atoms with Crippen LogP contribution in [0.15, 0.2) is 17.5 Å². The molecule has 1 aliphatic rings. The number of hydrogen-bond acceptors (Lipinski definition) is 3. The second-order valence-electron chi connectivity index (χ2n) is 5.10. The van der Waals surface area contributed by atoms with Gasteiger partial charge >= 0.3 is 0 Å². The first-order valence-corrected chi connectivity index (χ1v) is 7.34. The minimum absolute atomic E-state index is 0.0505. The van der Waals surface area contributed by atoms with Crippen molar-refractivity contribution in [2.45, 2.75) is 26.7 Å². The predicted molar refractivity (Wildman–Crippen MR) is 72.8 cm³/mol. The maximum absolute atomic E-state index is 12.2. The van der Waals surface area contributed by atoms with Crippen LogP contribution in [-0.4, -0.2) is 29.7 Å². The first-order valence-electron chi connectivity index (χ1n) is 6.46. The molecule has 0 bridgehead atoms. The summed E-state index contributed by atoms with van der Waals surface area (Å²) in [6.45, 7) is 5.29. The van der Waals surface area contributed by atoms with Crippen LogP contribution in [-0.2, 0) is 4.79 Å². The topological polar surface area (TPSA) is 37.4 Å². The van der Waals surface area contributed by atoms with Gasteiger partial charge in [0, 0.05) is 24.9 Å². The first-order chi connectivity index (χ1) is 8.59. The van der Waals surface area contributed by atoms with Crippen LogP contribution in [0.2, 0.25) is 0 Å². The Balaban J connectivity index is 1.91. The molecule has 0 radical (unpaired) electrons. The van der Waals surface area contributed by atoms with E-state index in [1.54, 1.807) is 0 Å². The van der Waals surface area contributed by atoms with Crippen molar-refractivity contribution in [3.8, 4) is 0 Å². The van der Waals surface area contributed by atoms with E-state index >= 15 is 0 Å². The standard InChI is InChI=1S/C14H19NO2S/c1-10(2)14(17)15-7-5-11(6-8-15)13(16)12-4-3-9-18-12/h3-4,9-11H,5-8H2,1-2H3. The van der Waals surface area contributed by atoms with Crippen LogP contribution >= 0.6 is 11.3 Å². The van der Waals surface area contributed by atoms with Gasteiger partial charge in [0.1, 0.15) is 0 Å². The number of carbonyl (C=O) groups excluding carboxylic acids is 2. The van der Waals surface area contributed by atoms with Gasteiger partial charge in [0.05, 0.1) is 4.88 Å². The van der Waals surface area contributed by atoms with Gasteiger partial charge in [-0.2, -0.15) is 0 Å². The molecular weight excluding hydrogens is 246 g/mol. The summed E-state index contributed by atoms with van der Waals surface area (Å²) in [5, 5.41) is 1.94. The van der Waals surface area contributed by atoms with Crippen molar-refractivity contribution in [2.75, 3.05) is 13.1 Å². The van der Waals surface area contributed by atoms with Gasteiger partial charge < -0.3 is 4.90 Å². The first kappa shape index (κ1) is 13.3. The maximum Gasteiger partial charge on any atom is 0.225 e. The zero-order valence-electron chi connectivity index (χ0n) is 10.9. The molecule has 2 heterocycles. The van der Waals surface area contributed by atoms with E-state index in [0.29, 0.717) is 0 Å². The van der Waals surface area contributed by atoms with E-state index in [2.05, 4.69) is 0 Å². The lowest BCUT2D eigenvalue weighted by atomic mass is 9.91. The highest BCUT2D eigenvalue weighted by Gasteiger charge is 2.28. The molecule has 1 fully saturated rings. The molecule has 98 valence electrons. The molecule has 0 unspecified atom stereocenters. The molecular formula is C14H19NO2S. The van der Waals surface area contributed by atoms with Crippen molar-refractivity contribution in [3.05, 3.63) is 22.4 Å². The molecule has 4 heteroatoms. The number of piperidine rings is 1. The third kappa shape index (κ3) is 2.80. The van der Waals surface area contributed by atoms with Gasteiger partial charge in [-0.05, 0) is 24.3 Å². The molecule has 0 aliphatic carbocycles. The largest absolute Gasteiger partial charge is 0.342 e. The molecule has 0 atom stereocenters. The highest BCUT2D eigenvalue weighted by atomic mass is 32.1. The molecule has 0 N–H and O–H groups in total. The Morgan fingerprint density at radius 2 is 2.00 bits per heavy atom. The minimum atomic E-state index is 0.0505. The third-order valence-corrected chi connectivity index (χ3v) is 4.32. The highest BCUT2D eigenvalue weighted by molar-refractivity contribution is 7.12. The van der Waals surface area contributed by atoms with E-state index < -0.39 is 0 Å². The van der Waals surface area contributed by atoms with Crippen LogP contribution in [0.25, 0.3) is 0 Å². The maximum atomic E-state index is 12.2. The van der Waals surface area contributed by atoms with Crippen molar-refractivity contribution in [2.24, 2.45) is 11.8 Å². The Morgan fingerprint density at radius 3 is 2.50 bits per heavy atom. The Labute approximate surface area is 112 Å². The Hall–Kier alpha value is -1.16. The molecule has 2 rings (SSSR count). The lowest BCUT2D eigenvalue weighted by Crippen LogP contribution is -2.42. The molecule has 1 aromatic rings. The average molecular weight is 265 g/mol. The normalized spacial score (nSPS) is 17.2. The Morgan fingerprint density at radius 1 is 1.33 bits per heavy atom. The average Bonchev–Trinajstić information content (AvgIpc) is 2.91. The molecule has 0 saturated carbocycles. The summed E-state index contributed by atoms with van der Waals surface area (Å²) < 4.78 is 0. The van der Waals surface area contributed by atoms with Crippen molar-refractivity contribution in [1.29, 1.82) is 0 Å². The monoisotopic (exact) mass is 265 g/mol. The Bertz CT molecular complexity index is 417. The number of ketones is 1. The quantitative estimate of drug-likeness (QED) is 0.788. The van der Waals surface area contributed by atoms with Gasteiger partial charge in [-0.25, -0.2) is 0 Å². The van der Waals surface area contributed by atoms with Gasteiger partial charge in [0.25, 0.3) is 0 Å². The minimum Gasteiger partial charge on any atom is -0.342 e. The van der Waals surface area contributed by atoms with Crippen LogP contribution in [0.3, 0.4) is 0 Å². The van der Waals surface area contributed by atoms with E-state index in [-0.39, 0.29) is 23.5 Å². The molecule has 0 spiro atoms. The fourth-order valence-corrected chi connectivity index (χ4v) is 3.09. The highest BCUT2D eigenvalue weighted by Crippen LogP contribution is 2.24. The zero-order valence-corrected chi connectivity index (χ0v) is 11.7. The Kier molecular flexibility index (Phi) is 4.17. The number of hydrogen-bond donors (Lipinski definition) is 0. The number of carbonyl (C=O) groups is 2.